The van der Waals surface area contributed by atoms with Crippen LogP contribution in [0.15, 0.2) is 14.3 Å². The maximum absolute atomic E-state index is 12.4. The predicted molar refractivity (Wildman–Crippen MR) is 75.1 cm³/mol. The van der Waals surface area contributed by atoms with Crippen molar-refractivity contribution in [2.75, 3.05) is 0 Å². The van der Waals surface area contributed by atoms with E-state index in [1.54, 1.807) is 0 Å². The van der Waals surface area contributed by atoms with Crippen molar-refractivity contribution in [1.29, 1.82) is 0 Å². The van der Waals surface area contributed by atoms with E-state index in [2.05, 4.69) is 59.6 Å². The smallest absolute Gasteiger partial charge is 0.178 e. The molecule has 1 nitrogen and oxygen atoms in total. The van der Waals surface area contributed by atoms with E-state index in [-0.39, 0.29) is 22.5 Å². The molecule has 0 atom stereocenters. The van der Waals surface area contributed by atoms with Crippen molar-refractivity contribution in [2.45, 2.75) is 27.7 Å². The van der Waals surface area contributed by atoms with Gasteiger partial charge >= 0.3 is 0 Å². The Labute approximate surface area is 117 Å². The molecule has 1 aromatic heterocycles. The summed E-state index contributed by atoms with van der Waals surface area (Å²) in [5.74, 6) is 0.416. The fraction of sp³-hybridized carbons (Fsp3) is 0.583. The van der Waals surface area contributed by atoms with Crippen LogP contribution in [0.25, 0.3) is 0 Å². The van der Waals surface area contributed by atoms with E-state index in [0.29, 0.717) is 0 Å². The minimum absolute atomic E-state index is 0.111. The molecule has 1 heterocycles. The molecular formula is C12H14Br2OS. The molecule has 0 saturated heterocycles. The van der Waals surface area contributed by atoms with Crippen LogP contribution in [0.3, 0.4) is 0 Å². The van der Waals surface area contributed by atoms with Gasteiger partial charge in [-0.2, -0.15) is 0 Å². The zero-order valence-corrected chi connectivity index (χ0v) is 13.7. The molecular weight excluding hydrogens is 352 g/mol. The fourth-order valence-electron chi connectivity index (χ4n) is 2.47. The SMILES string of the molecule is CC1(C)C(C(=O)c2scc(Br)c2Br)C1(C)C. The monoisotopic (exact) mass is 364 g/mol. The first-order chi connectivity index (χ1) is 7.21. The van der Waals surface area contributed by atoms with E-state index in [1.807, 2.05) is 5.38 Å². The number of halogens is 2. The predicted octanol–water partition coefficient (Wildman–Crippen LogP) is 5.14. The van der Waals surface area contributed by atoms with Crippen LogP contribution in [-0.2, 0) is 0 Å². The molecule has 1 fully saturated rings. The van der Waals surface area contributed by atoms with E-state index in [0.717, 1.165) is 13.8 Å². The Hall–Kier alpha value is 0.330. The van der Waals surface area contributed by atoms with Gasteiger partial charge in [-0.05, 0) is 42.7 Å². The first-order valence-corrected chi connectivity index (χ1v) is 7.64. The summed E-state index contributed by atoms with van der Waals surface area (Å²) in [5.41, 5.74) is 0.222. The molecule has 16 heavy (non-hydrogen) atoms. The lowest BCUT2D eigenvalue weighted by Gasteiger charge is -2.03. The van der Waals surface area contributed by atoms with Crippen LogP contribution in [0.5, 0.6) is 0 Å². The summed E-state index contributed by atoms with van der Waals surface area (Å²) in [5, 5.41) is 1.96. The van der Waals surface area contributed by atoms with Gasteiger partial charge in [-0.3, -0.25) is 4.79 Å². The Kier molecular flexibility index (Phi) is 2.92. The van der Waals surface area contributed by atoms with Crippen molar-refractivity contribution in [3.05, 3.63) is 19.2 Å². The normalized spacial score (nSPS) is 22.1. The molecule has 0 aromatic carbocycles. The van der Waals surface area contributed by atoms with Gasteiger partial charge in [0.15, 0.2) is 5.78 Å². The van der Waals surface area contributed by atoms with Crippen LogP contribution < -0.4 is 0 Å². The van der Waals surface area contributed by atoms with Gasteiger partial charge in [-0.15, -0.1) is 11.3 Å². The molecule has 1 aromatic rings. The van der Waals surface area contributed by atoms with Gasteiger partial charge in [0.05, 0.1) is 9.35 Å². The number of thiophene rings is 1. The third-order valence-electron chi connectivity index (χ3n) is 4.20. The maximum atomic E-state index is 12.4. The van der Waals surface area contributed by atoms with E-state index >= 15 is 0 Å². The van der Waals surface area contributed by atoms with Gasteiger partial charge in [0, 0.05) is 15.8 Å². The van der Waals surface area contributed by atoms with Crippen LogP contribution in [-0.4, -0.2) is 5.78 Å². The lowest BCUT2D eigenvalue weighted by molar-refractivity contribution is 0.0948. The van der Waals surface area contributed by atoms with Gasteiger partial charge in [-0.1, -0.05) is 27.7 Å². The third-order valence-corrected chi connectivity index (χ3v) is 7.74. The Bertz CT molecular complexity index is 446. The lowest BCUT2D eigenvalue weighted by Crippen LogP contribution is -2.06. The van der Waals surface area contributed by atoms with Crippen LogP contribution in [0.4, 0.5) is 0 Å². The molecule has 1 aliphatic carbocycles. The molecule has 0 N–H and O–H groups in total. The fourth-order valence-corrected chi connectivity index (χ4v) is 4.61. The van der Waals surface area contributed by atoms with E-state index in [1.165, 1.54) is 11.3 Å². The minimum atomic E-state index is 0.111. The molecule has 0 bridgehead atoms. The van der Waals surface area contributed by atoms with E-state index < -0.39 is 0 Å². The molecule has 1 saturated carbocycles. The molecule has 0 radical (unpaired) electrons. The van der Waals surface area contributed by atoms with Gasteiger partial charge in [-0.25, -0.2) is 0 Å². The summed E-state index contributed by atoms with van der Waals surface area (Å²) in [6.07, 6.45) is 0. The quantitative estimate of drug-likeness (QED) is 0.663. The molecule has 0 amide bonds. The Morgan fingerprint density at radius 3 is 2.06 bits per heavy atom. The number of carbonyl (C=O) groups is 1. The van der Waals surface area contributed by atoms with Crippen molar-refractivity contribution in [3.63, 3.8) is 0 Å². The molecule has 88 valence electrons. The second kappa shape index (κ2) is 3.66. The second-order valence-electron chi connectivity index (χ2n) is 5.47. The lowest BCUT2D eigenvalue weighted by atomic mass is 10.0. The van der Waals surface area contributed by atoms with Crippen LogP contribution in [0.2, 0.25) is 0 Å². The van der Waals surface area contributed by atoms with Gasteiger partial charge < -0.3 is 0 Å². The molecule has 2 rings (SSSR count). The zero-order chi connectivity index (χ0) is 12.3. The summed E-state index contributed by atoms with van der Waals surface area (Å²) < 4.78 is 1.87. The number of carbonyl (C=O) groups excluding carboxylic acids is 1. The Morgan fingerprint density at radius 2 is 1.75 bits per heavy atom. The number of rotatable bonds is 2. The van der Waals surface area contributed by atoms with Gasteiger partial charge in [0.1, 0.15) is 0 Å². The highest BCUT2D eigenvalue weighted by Gasteiger charge is 2.68. The average Bonchev–Trinajstić information content (AvgIpc) is 2.40. The van der Waals surface area contributed by atoms with Crippen LogP contribution in [0, 0.1) is 16.7 Å². The zero-order valence-electron chi connectivity index (χ0n) is 9.73. The summed E-state index contributed by atoms with van der Waals surface area (Å²) in [6.45, 7) is 8.69. The third kappa shape index (κ3) is 1.57. The minimum Gasteiger partial charge on any atom is -0.293 e. The highest BCUT2D eigenvalue weighted by molar-refractivity contribution is 9.13. The Morgan fingerprint density at radius 1 is 1.25 bits per heavy atom. The molecule has 0 aliphatic heterocycles. The van der Waals surface area contributed by atoms with Crippen LogP contribution in [0.1, 0.15) is 37.4 Å². The van der Waals surface area contributed by atoms with Gasteiger partial charge in [0.25, 0.3) is 0 Å². The summed E-state index contributed by atoms with van der Waals surface area (Å²) in [4.78, 5) is 13.3. The Balaban J connectivity index is 2.33. The van der Waals surface area contributed by atoms with E-state index in [4.69, 9.17) is 0 Å². The van der Waals surface area contributed by atoms with Crippen molar-refractivity contribution >= 4 is 49.0 Å². The molecule has 1 aliphatic rings. The van der Waals surface area contributed by atoms with Crippen molar-refractivity contribution < 1.29 is 4.79 Å². The topological polar surface area (TPSA) is 17.1 Å². The largest absolute Gasteiger partial charge is 0.293 e. The molecule has 4 heteroatoms. The maximum Gasteiger partial charge on any atom is 0.178 e. The number of ketones is 1. The van der Waals surface area contributed by atoms with Crippen molar-refractivity contribution in [1.82, 2.24) is 0 Å². The van der Waals surface area contributed by atoms with E-state index in [9.17, 15) is 4.79 Å². The highest BCUT2D eigenvalue weighted by atomic mass is 79.9. The summed E-state index contributed by atoms with van der Waals surface area (Å²) in [6, 6.07) is 0. The standard InChI is InChI=1S/C12H14Br2OS/c1-11(2)10(12(11,3)4)8(15)9-7(14)6(13)5-16-9/h5,10H,1-4H3. The molecule has 0 unspecified atom stereocenters. The molecule has 0 spiro atoms. The van der Waals surface area contributed by atoms with Crippen molar-refractivity contribution in [2.24, 2.45) is 16.7 Å². The van der Waals surface area contributed by atoms with Crippen molar-refractivity contribution in [3.8, 4) is 0 Å². The number of hydrogen-bond acceptors (Lipinski definition) is 2. The summed E-state index contributed by atoms with van der Waals surface area (Å²) in [7, 11) is 0. The number of Topliss-reactive ketones (excluding diaryl/α,β-unsaturated/α-hetero) is 1. The summed E-state index contributed by atoms with van der Waals surface area (Å²) >= 11 is 8.40. The van der Waals surface area contributed by atoms with Gasteiger partial charge in [0.2, 0.25) is 0 Å². The average molecular weight is 366 g/mol. The highest BCUT2D eigenvalue weighted by Crippen LogP contribution is 2.69. The first kappa shape index (κ1) is 12.8. The second-order valence-corrected chi connectivity index (χ2v) is 7.99. The number of hydrogen-bond donors (Lipinski definition) is 0. The van der Waals surface area contributed by atoms with Crippen LogP contribution >= 0.6 is 43.2 Å². The first-order valence-electron chi connectivity index (χ1n) is 5.18.